The molecular weight excluding hydrogens is 447 g/mol. The van der Waals surface area contributed by atoms with E-state index in [1.807, 2.05) is 55.5 Å². The van der Waals surface area contributed by atoms with Crippen molar-refractivity contribution in [3.63, 3.8) is 0 Å². The maximum Gasteiger partial charge on any atom is 0.344 e. The Balaban J connectivity index is 1.80. The molecular formula is C28H23FN2O4. The molecule has 1 heterocycles. The summed E-state index contributed by atoms with van der Waals surface area (Å²) in [5, 5.41) is 10.3. The highest BCUT2D eigenvalue weighted by atomic mass is 19.1. The van der Waals surface area contributed by atoms with Crippen LogP contribution in [0.4, 0.5) is 4.39 Å². The van der Waals surface area contributed by atoms with Crippen molar-refractivity contribution in [1.29, 1.82) is 5.26 Å². The van der Waals surface area contributed by atoms with Gasteiger partial charge in [-0.15, -0.1) is 0 Å². The number of hydrogen-bond acceptors (Lipinski definition) is 6. The Kier molecular flexibility index (Phi) is 7.22. The quantitative estimate of drug-likeness (QED) is 0.297. The van der Waals surface area contributed by atoms with Gasteiger partial charge < -0.3 is 14.2 Å². The lowest BCUT2D eigenvalue weighted by Gasteiger charge is -2.15. The van der Waals surface area contributed by atoms with Gasteiger partial charge in [-0.05, 0) is 43.7 Å². The van der Waals surface area contributed by atoms with E-state index in [-0.39, 0.29) is 17.9 Å². The van der Waals surface area contributed by atoms with E-state index in [9.17, 15) is 14.4 Å². The van der Waals surface area contributed by atoms with E-state index in [0.717, 1.165) is 16.9 Å². The first-order valence-electron chi connectivity index (χ1n) is 11.2. The van der Waals surface area contributed by atoms with E-state index in [2.05, 4.69) is 11.1 Å². The van der Waals surface area contributed by atoms with Gasteiger partial charge in [-0.3, -0.25) is 0 Å². The Bertz CT molecular complexity index is 1410. The summed E-state index contributed by atoms with van der Waals surface area (Å²) in [6.45, 7) is 3.96. The molecule has 0 aliphatic rings. The molecule has 7 heteroatoms. The summed E-state index contributed by atoms with van der Waals surface area (Å²) in [6, 6.07) is 21.5. The molecule has 6 nitrogen and oxygen atoms in total. The number of carbonyl (C=O) groups is 1. The van der Waals surface area contributed by atoms with Crippen molar-refractivity contribution in [3.05, 3.63) is 78.1 Å². The number of aromatic nitrogens is 1. The molecule has 0 fully saturated rings. The lowest BCUT2D eigenvalue weighted by atomic mass is 9.99. The van der Waals surface area contributed by atoms with E-state index in [1.165, 1.54) is 18.2 Å². The number of halogens is 1. The summed E-state index contributed by atoms with van der Waals surface area (Å²) in [5.74, 6) is -0.224. The molecule has 1 aromatic heterocycles. The van der Waals surface area contributed by atoms with E-state index in [4.69, 9.17) is 14.2 Å². The zero-order valence-corrected chi connectivity index (χ0v) is 19.4. The van der Waals surface area contributed by atoms with Crippen molar-refractivity contribution in [2.24, 2.45) is 0 Å². The molecule has 0 bridgehead atoms. The van der Waals surface area contributed by atoms with Crippen LogP contribution in [-0.2, 0) is 9.53 Å². The molecule has 176 valence electrons. The summed E-state index contributed by atoms with van der Waals surface area (Å²) < 4.78 is 30.4. The third-order valence-corrected chi connectivity index (χ3v) is 5.31. The Morgan fingerprint density at radius 2 is 1.71 bits per heavy atom. The lowest BCUT2D eigenvalue weighted by Crippen LogP contribution is -2.15. The highest BCUT2D eigenvalue weighted by Crippen LogP contribution is 2.37. The second kappa shape index (κ2) is 10.7. The van der Waals surface area contributed by atoms with E-state index < -0.39 is 18.4 Å². The first-order chi connectivity index (χ1) is 17.0. The third-order valence-electron chi connectivity index (χ3n) is 5.31. The molecule has 0 saturated heterocycles. The highest BCUT2D eigenvalue weighted by molar-refractivity contribution is 5.92. The molecule has 3 aromatic carbocycles. The van der Waals surface area contributed by atoms with Crippen LogP contribution in [0.15, 0.2) is 66.7 Å². The minimum atomic E-state index is -0.586. The molecule has 0 saturated carbocycles. The third kappa shape index (κ3) is 5.07. The average Bonchev–Trinajstić information content (AvgIpc) is 2.87. The van der Waals surface area contributed by atoms with Crippen LogP contribution in [0.5, 0.6) is 11.5 Å². The van der Waals surface area contributed by atoms with Crippen molar-refractivity contribution in [3.8, 4) is 40.0 Å². The van der Waals surface area contributed by atoms with Gasteiger partial charge >= 0.3 is 5.97 Å². The smallest absolute Gasteiger partial charge is 0.344 e. The van der Waals surface area contributed by atoms with Crippen LogP contribution in [-0.4, -0.2) is 30.8 Å². The molecule has 0 N–H and O–H groups in total. The Morgan fingerprint density at radius 1 is 0.971 bits per heavy atom. The second-order valence-electron chi connectivity index (χ2n) is 7.54. The minimum absolute atomic E-state index is 0.0887. The van der Waals surface area contributed by atoms with Gasteiger partial charge in [0.15, 0.2) is 6.61 Å². The van der Waals surface area contributed by atoms with Crippen molar-refractivity contribution in [1.82, 2.24) is 4.98 Å². The maximum absolute atomic E-state index is 14.0. The summed E-state index contributed by atoms with van der Waals surface area (Å²) in [4.78, 5) is 16.5. The van der Waals surface area contributed by atoms with Crippen molar-refractivity contribution < 1.29 is 23.4 Å². The van der Waals surface area contributed by atoms with Gasteiger partial charge in [-0.25, -0.2) is 14.2 Å². The molecule has 4 rings (SSSR count). The number of nitriles is 1. The number of fused-ring (bicyclic) bond motifs is 1. The van der Waals surface area contributed by atoms with Gasteiger partial charge in [0.1, 0.15) is 28.9 Å². The fourth-order valence-electron chi connectivity index (χ4n) is 3.80. The second-order valence-corrected chi connectivity index (χ2v) is 7.54. The summed E-state index contributed by atoms with van der Waals surface area (Å²) in [6.07, 6.45) is 0. The van der Waals surface area contributed by atoms with Gasteiger partial charge in [-0.2, -0.15) is 5.26 Å². The molecule has 0 amide bonds. The first kappa shape index (κ1) is 23.7. The Hall–Kier alpha value is -4.44. The summed E-state index contributed by atoms with van der Waals surface area (Å²) in [5.41, 5.74) is 3.47. The monoisotopic (exact) mass is 470 g/mol. The number of hydrogen-bond donors (Lipinski definition) is 0. The fraction of sp³-hybridized carbons (Fsp3) is 0.179. The van der Waals surface area contributed by atoms with Crippen LogP contribution in [0.25, 0.3) is 33.3 Å². The topological polar surface area (TPSA) is 81.4 Å². The normalized spacial score (nSPS) is 10.6. The highest BCUT2D eigenvalue weighted by Gasteiger charge is 2.20. The van der Waals surface area contributed by atoms with Gasteiger partial charge in [0, 0.05) is 16.5 Å². The van der Waals surface area contributed by atoms with Gasteiger partial charge in [0.05, 0.1) is 24.4 Å². The van der Waals surface area contributed by atoms with Crippen molar-refractivity contribution in [2.45, 2.75) is 13.8 Å². The Morgan fingerprint density at radius 3 is 2.43 bits per heavy atom. The van der Waals surface area contributed by atoms with Crippen LogP contribution in [0.1, 0.15) is 19.4 Å². The first-order valence-corrected chi connectivity index (χ1v) is 11.2. The largest absolute Gasteiger partial charge is 0.493 e. The number of pyridine rings is 1. The van der Waals surface area contributed by atoms with Crippen LogP contribution in [0, 0.1) is 17.1 Å². The Labute approximate surface area is 202 Å². The van der Waals surface area contributed by atoms with Crippen molar-refractivity contribution in [2.75, 3.05) is 19.8 Å². The van der Waals surface area contributed by atoms with Gasteiger partial charge in [-0.1, -0.05) is 42.5 Å². The summed E-state index contributed by atoms with van der Waals surface area (Å²) in [7, 11) is 0. The zero-order valence-electron chi connectivity index (χ0n) is 19.4. The standard InChI is InChI=1S/C28H23FN2O4/c1-3-33-25-8-6-5-7-21(25)18-9-11-19(12-10-18)27-23(16-30)28(35-17-26(32)34-4-2)22-15-20(29)13-14-24(22)31-27/h5-15H,3-4,17H2,1-2H3. The molecule has 4 aromatic rings. The predicted octanol–water partition coefficient (Wildman–Crippen LogP) is 5.92. The van der Waals surface area contributed by atoms with Crippen LogP contribution < -0.4 is 9.47 Å². The van der Waals surface area contributed by atoms with Gasteiger partial charge in [0.2, 0.25) is 0 Å². The lowest BCUT2D eigenvalue weighted by molar-refractivity contribution is -0.145. The molecule has 35 heavy (non-hydrogen) atoms. The number of rotatable bonds is 8. The number of carbonyl (C=O) groups excluding carboxylic acids is 1. The average molecular weight is 471 g/mol. The van der Waals surface area contributed by atoms with Crippen LogP contribution in [0.2, 0.25) is 0 Å². The van der Waals surface area contributed by atoms with E-state index in [1.54, 1.807) is 6.92 Å². The number of esters is 1. The number of nitrogens with zero attached hydrogens (tertiary/aromatic N) is 2. The SMILES string of the molecule is CCOC(=O)COc1c(C#N)c(-c2ccc(-c3ccccc3OCC)cc2)nc2ccc(F)cc12. The minimum Gasteiger partial charge on any atom is -0.493 e. The van der Waals surface area contributed by atoms with E-state index in [0.29, 0.717) is 28.8 Å². The number of para-hydroxylation sites is 1. The van der Waals surface area contributed by atoms with Crippen LogP contribution in [0.3, 0.4) is 0 Å². The molecule has 0 unspecified atom stereocenters. The maximum atomic E-state index is 14.0. The molecule has 0 aliphatic heterocycles. The van der Waals surface area contributed by atoms with Gasteiger partial charge in [0.25, 0.3) is 0 Å². The number of ether oxygens (including phenoxy) is 3. The fourth-order valence-corrected chi connectivity index (χ4v) is 3.80. The van der Waals surface area contributed by atoms with Crippen molar-refractivity contribution >= 4 is 16.9 Å². The molecule has 0 atom stereocenters. The number of benzene rings is 3. The molecule has 0 aliphatic carbocycles. The zero-order chi connectivity index (χ0) is 24.8. The van der Waals surface area contributed by atoms with Crippen LogP contribution >= 0.6 is 0 Å². The van der Waals surface area contributed by atoms with E-state index >= 15 is 0 Å². The summed E-state index contributed by atoms with van der Waals surface area (Å²) >= 11 is 0. The molecule has 0 radical (unpaired) electrons. The predicted molar refractivity (Wildman–Crippen MR) is 131 cm³/mol. The molecule has 0 spiro atoms.